The molecule has 2 aromatic carbocycles. The molecule has 3 rings (SSSR count). The number of fused-ring (bicyclic) bond motifs is 1. The number of rotatable bonds is 4. The van der Waals surface area contributed by atoms with Gasteiger partial charge in [-0.2, -0.15) is 0 Å². The van der Waals surface area contributed by atoms with Crippen LogP contribution < -0.4 is 4.31 Å². The molecule has 0 spiro atoms. The lowest BCUT2D eigenvalue weighted by Gasteiger charge is -2.20. The first-order chi connectivity index (χ1) is 11.3. The van der Waals surface area contributed by atoms with Gasteiger partial charge in [-0.3, -0.25) is 9.10 Å². The zero-order chi connectivity index (χ0) is 17.5. The Morgan fingerprint density at radius 2 is 2.00 bits per heavy atom. The van der Waals surface area contributed by atoms with E-state index in [4.69, 9.17) is 5.11 Å². The summed E-state index contributed by atoms with van der Waals surface area (Å²) < 4.78 is 28.3. The number of sulfonamides is 1. The lowest BCUT2D eigenvalue weighted by atomic mass is 9.98. The monoisotopic (exact) mass is 409 g/mol. The van der Waals surface area contributed by atoms with Crippen molar-refractivity contribution >= 4 is 37.6 Å². The molecule has 1 heterocycles. The van der Waals surface area contributed by atoms with Crippen LogP contribution in [-0.2, 0) is 14.8 Å². The SMILES string of the molecule is Cc1cc(S(=O)(=O)N2CC(CC(=O)O)c3ccccc32)ccc1Br. The van der Waals surface area contributed by atoms with Crippen LogP contribution in [-0.4, -0.2) is 26.0 Å². The smallest absolute Gasteiger partial charge is 0.304 e. The Hall–Kier alpha value is -1.86. The molecular weight excluding hydrogens is 394 g/mol. The van der Waals surface area contributed by atoms with E-state index in [1.807, 2.05) is 6.92 Å². The van der Waals surface area contributed by atoms with Gasteiger partial charge in [0.1, 0.15) is 0 Å². The van der Waals surface area contributed by atoms with Gasteiger partial charge in [0.2, 0.25) is 0 Å². The number of halogens is 1. The molecule has 1 N–H and O–H groups in total. The van der Waals surface area contributed by atoms with Crippen LogP contribution in [0.1, 0.15) is 23.5 Å². The first kappa shape index (κ1) is 17.0. The van der Waals surface area contributed by atoms with Gasteiger partial charge in [0.15, 0.2) is 0 Å². The van der Waals surface area contributed by atoms with Gasteiger partial charge < -0.3 is 5.11 Å². The summed E-state index contributed by atoms with van der Waals surface area (Å²) in [7, 11) is -3.74. The van der Waals surface area contributed by atoms with Crippen molar-refractivity contribution in [3.8, 4) is 0 Å². The second-order valence-electron chi connectivity index (χ2n) is 5.80. The molecule has 1 unspecified atom stereocenters. The number of aliphatic carboxylic acids is 1. The van der Waals surface area contributed by atoms with Crippen LogP contribution in [0.15, 0.2) is 51.8 Å². The Bertz CT molecular complexity index is 911. The highest BCUT2D eigenvalue weighted by molar-refractivity contribution is 9.10. The predicted molar refractivity (Wildman–Crippen MR) is 94.8 cm³/mol. The largest absolute Gasteiger partial charge is 0.481 e. The van der Waals surface area contributed by atoms with E-state index < -0.39 is 16.0 Å². The fraction of sp³-hybridized carbons (Fsp3) is 0.235. The van der Waals surface area contributed by atoms with E-state index >= 15 is 0 Å². The molecule has 0 aromatic heterocycles. The standard InChI is InChI=1S/C17H16BrNO4S/c1-11-8-13(6-7-15(11)18)24(22,23)19-10-12(9-17(20)21)14-4-2-3-5-16(14)19/h2-8,12H,9-10H2,1H3,(H,20,21). The number of carbonyl (C=O) groups is 1. The summed E-state index contributed by atoms with van der Waals surface area (Å²) in [6, 6.07) is 12.0. The minimum absolute atomic E-state index is 0.0948. The minimum Gasteiger partial charge on any atom is -0.481 e. The normalized spacial score (nSPS) is 16.9. The lowest BCUT2D eigenvalue weighted by Crippen LogP contribution is -2.30. The average Bonchev–Trinajstić information content (AvgIpc) is 2.89. The highest BCUT2D eigenvalue weighted by Crippen LogP contribution is 2.41. The number of para-hydroxylation sites is 1. The van der Waals surface area contributed by atoms with Gasteiger partial charge in [-0.05, 0) is 42.3 Å². The summed E-state index contributed by atoms with van der Waals surface area (Å²) >= 11 is 3.37. The lowest BCUT2D eigenvalue weighted by molar-refractivity contribution is -0.137. The van der Waals surface area contributed by atoms with E-state index in [-0.39, 0.29) is 23.8 Å². The summed E-state index contributed by atoms with van der Waals surface area (Å²) in [4.78, 5) is 11.3. The minimum atomic E-state index is -3.74. The predicted octanol–water partition coefficient (Wildman–Crippen LogP) is 3.52. The van der Waals surface area contributed by atoms with E-state index in [2.05, 4.69) is 15.9 Å². The number of nitrogens with zero attached hydrogens (tertiary/aromatic N) is 1. The zero-order valence-electron chi connectivity index (χ0n) is 12.9. The summed E-state index contributed by atoms with van der Waals surface area (Å²) in [5.41, 5.74) is 2.15. The Morgan fingerprint density at radius 3 is 2.67 bits per heavy atom. The van der Waals surface area contributed by atoms with Gasteiger partial charge in [-0.15, -0.1) is 0 Å². The zero-order valence-corrected chi connectivity index (χ0v) is 15.3. The topological polar surface area (TPSA) is 74.7 Å². The van der Waals surface area contributed by atoms with Crippen LogP contribution >= 0.6 is 15.9 Å². The van der Waals surface area contributed by atoms with Gasteiger partial charge in [0.05, 0.1) is 17.0 Å². The first-order valence-corrected chi connectivity index (χ1v) is 9.63. The maximum Gasteiger partial charge on any atom is 0.304 e. The molecule has 0 fully saturated rings. The number of carboxylic acid groups (broad SMARTS) is 1. The van der Waals surface area contributed by atoms with Gasteiger partial charge in [-0.25, -0.2) is 8.42 Å². The van der Waals surface area contributed by atoms with E-state index in [0.717, 1.165) is 15.6 Å². The van der Waals surface area contributed by atoms with Gasteiger partial charge in [0, 0.05) is 16.9 Å². The average molecular weight is 410 g/mol. The molecule has 1 atom stereocenters. The number of carboxylic acids is 1. The van der Waals surface area contributed by atoms with Crippen molar-refractivity contribution in [3.05, 3.63) is 58.1 Å². The van der Waals surface area contributed by atoms with Crippen molar-refractivity contribution in [2.45, 2.75) is 24.2 Å². The fourth-order valence-electron chi connectivity index (χ4n) is 2.97. The van der Waals surface area contributed by atoms with E-state index in [0.29, 0.717) is 5.69 Å². The van der Waals surface area contributed by atoms with E-state index in [9.17, 15) is 13.2 Å². The number of benzene rings is 2. The third-order valence-corrected chi connectivity index (χ3v) is 6.84. The fourth-order valence-corrected chi connectivity index (χ4v) is 4.84. The molecule has 1 aliphatic rings. The van der Waals surface area contributed by atoms with Crippen LogP contribution in [0.25, 0.3) is 0 Å². The number of anilines is 1. The van der Waals surface area contributed by atoms with E-state index in [1.54, 1.807) is 42.5 Å². The molecule has 2 aromatic rings. The van der Waals surface area contributed by atoms with Crippen molar-refractivity contribution < 1.29 is 18.3 Å². The van der Waals surface area contributed by atoms with Crippen molar-refractivity contribution in [3.63, 3.8) is 0 Å². The van der Waals surface area contributed by atoms with Crippen molar-refractivity contribution in [2.24, 2.45) is 0 Å². The Morgan fingerprint density at radius 1 is 1.29 bits per heavy atom. The van der Waals surface area contributed by atoms with Crippen LogP contribution in [0, 0.1) is 6.92 Å². The second-order valence-corrected chi connectivity index (χ2v) is 8.52. The third kappa shape index (κ3) is 2.93. The molecule has 0 amide bonds. The molecule has 0 aliphatic carbocycles. The molecule has 1 aliphatic heterocycles. The molecule has 7 heteroatoms. The molecule has 0 bridgehead atoms. The molecule has 126 valence electrons. The molecule has 5 nitrogen and oxygen atoms in total. The van der Waals surface area contributed by atoms with Crippen LogP contribution in [0.2, 0.25) is 0 Å². The van der Waals surface area contributed by atoms with Crippen molar-refractivity contribution in [2.75, 3.05) is 10.8 Å². The highest BCUT2D eigenvalue weighted by atomic mass is 79.9. The van der Waals surface area contributed by atoms with Crippen LogP contribution in [0.3, 0.4) is 0 Å². The number of aryl methyl sites for hydroxylation is 1. The van der Waals surface area contributed by atoms with Crippen LogP contribution in [0.4, 0.5) is 5.69 Å². The maximum atomic E-state index is 13.1. The third-order valence-electron chi connectivity index (χ3n) is 4.17. The van der Waals surface area contributed by atoms with E-state index in [1.165, 1.54) is 4.31 Å². The molecule has 0 radical (unpaired) electrons. The van der Waals surface area contributed by atoms with Gasteiger partial charge in [-0.1, -0.05) is 34.1 Å². The molecular formula is C17H16BrNO4S. The first-order valence-electron chi connectivity index (χ1n) is 7.40. The molecule has 0 saturated heterocycles. The summed E-state index contributed by atoms with van der Waals surface area (Å²) in [6.07, 6.45) is -0.0948. The van der Waals surface area contributed by atoms with Gasteiger partial charge >= 0.3 is 5.97 Å². The highest BCUT2D eigenvalue weighted by Gasteiger charge is 2.37. The Labute approximate surface area is 149 Å². The van der Waals surface area contributed by atoms with Crippen molar-refractivity contribution in [1.82, 2.24) is 0 Å². The number of hydrogen-bond donors (Lipinski definition) is 1. The molecule has 0 saturated carbocycles. The maximum absolute atomic E-state index is 13.1. The Kier molecular flexibility index (Phi) is 4.40. The summed E-state index contributed by atoms with van der Waals surface area (Å²) in [6.45, 7) is 1.97. The second kappa shape index (κ2) is 6.22. The van der Waals surface area contributed by atoms with Gasteiger partial charge in [0.25, 0.3) is 10.0 Å². The summed E-state index contributed by atoms with van der Waals surface area (Å²) in [5.74, 6) is -1.28. The molecule has 24 heavy (non-hydrogen) atoms. The van der Waals surface area contributed by atoms with Crippen molar-refractivity contribution in [1.29, 1.82) is 0 Å². The Balaban J connectivity index is 2.05. The quantitative estimate of drug-likeness (QED) is 0.837. The van der Waals surface area contributed by atoms with Crippen LogP contribution in [0.5, 0.6) is 0 Å². The summed E-state index contributed by atoms with van der Waals surface area (Å²) in [5, 5.41) is 9.10. The number of hydrogen-bond acceptors (Lipinski definition) is 3.